The molecule has 0 radical (unpaired) electrons. The number of nitrogens with zero attached hydrogens (tertiary/aromatic N) is 2. The lowest BCUT2D eigenvalue weighted by Gasteiger charge is -2.16. The molecule has 0 aliphatic carbocycles. The molecule has 0 N–H and O–H groups in total. The maximum atomic E-state index is 5.65. The van der Waals surface area contributed by atoms with Gasteiger partial charge in [-0.05, 0) is 182 Å². The Morgan fingerprint density at radius 2 is 0.580 bits per heavy atom. The third kappa shape index (κ3) is 25.0. The smallest absolute Gasteiger partial charge is 0.0745 e. The van der Waals surface area contributed by atoms with Crippen LogP contribution in [0.3, 0.4) is 0 Å². The van der Waals surface area contributed by atoms with Crippen LogP contribution in [-0.4, -0.2) is 9.97 Å². The molecule has 0 spiro atoms. The fourth-order valence-corrected chi connectivity index (χ4v) is 14.1. The van der Waals surface area contributed by atoms with Gasteiger partial charge in [-0.25, -0.2) is 9.97 Å². The van der Waals surface area contributed by atoms with E-state index in [1.54, 1.807) is 0 Å². The number of aryl methyl sites for hydroxylation is 6. The molecule has 0 aliphatic heterocycles. The minimum atomic E-state index is 1.09. The number of unbranched alkanes of at least 4 members (excludes halogenated alkanes) is 36. The summed E-state index contributed by atoms with van der Waals surface area (Å²) in [5, 5.41) is 2.42. The molecule has 0 amide bonds. The Hall–Kier alpha value is -5.08. The zero-order chi connectivity index (χ0) is 61.6. The Kier molecular flexibility index (Phi) is 33.6. The maximum Gasteiger partial charge on any atom is 0.0745 e. The van der Waals surface area contributed by atoms with Crippen LogP contribution in [0, 0.1) is 13.8 Å². The van der Waals surface area contributed by atoms with Crippen LogP contribution in [0.15, 0.2) is 109 Å². The highest BCUT2D eigenvalue weighted by Crippen LogP contribution is 2.39. The molecule has 0 saturated heterocycles. The minimum absolute atomic E-state index is 1.09. The molecule has 7 rings (SSSR count). The molecule has 2 aromatic heterocycles. The van der Waals surface area contributed by atoms with E-state index < -0.39 is 0 Å². The van der Waals surface area contributed by atoms with Crippen LogP contribution in [0.1, 0.15) is 318 Å². The standard InChI is InChI=1S/C86H124N2/c1-7-11-15-19-23-27-31-35-39-44-50-71-60-72(51-45-40-36-32-28-24-20-16-12-8-2)63-79(62-71)83-57-56-76-66-77(58-69(5)85(76)87-83)78-59-70(6)86-82(67-78)81(75-54-48-43-49-55-75)68-84(88-86)80-64-73(52-46-41-37-33-29-25-21-17-13-9-3)61-74(65-80)53-47-42-38-34-30-26-22-18-14-10-4/h43,48-49,54-68H,7-42,44-47,50-53H2,1-6H3. The van der Waals surface area contributed by atoms with E-state index >= 15 is 0 Å². The summed E-state index contributed by atoms with van der Waals surface area (Å²) in [4.78, 5) is 11.2. The minimum Gasteiger partial charge on any atom is -0.248 e. The first-order chi connectivity index (χ1) is 43.4. The van der Waals surface area contributed by atoms with Crippen LogP contribution in [0.5, 0.6) is 0 Å². The van der Waals surface area contributed by atoms with Gasteiger partial charge in [-0.1, -0.05) is 307 Å². The number of rotatable bonds is 48. The molecular weight excluding hydrogens is 1060 g/mol. The number of aromatic nitrogens is 2. The average Bonchev–Trinajstić information content (AvgIpc) is 1.03. The molecule has 478 valence electrons. The largest absolute Gasteiger partial charge is 0.248 e. The molecule has 0 unspecified atom stereocenters. The molecule has 2 heterocycles. The van der Waals surface area contributed by atoms with Gasteiger partial charge in [0.25, 0.3) is 0 Å². The van der Waals surface area contributed by atoms with E-state index in [0.29, 0.717) is 0 Å². The summed E-state index contributed by atoms with van der Waals surface area (Å²) in [7, 11) is 0. The van der Waals surface area contributed by atoms with Crippen LogP contribution in [0.2, 0.25) is 0 Å². The summed E-state index contributed by atoms with van der Waals surface area (Å²) in [5.74, 6) is 0. The Bertz CT molecular complexity index is 2930. The SMILES string of the molecule is CCCCCCCCCCCCc1cc(CCCCCCCCCCCC)cc(-c2ccc3cc(-c4cc(C)c5nc(-c6cc(CCCCCCCCCCCC)cc(CCCCCCCCCCCC)c6)cc(-c6ccccc6)c5c4)cc(C)c3n2)c1. The topological polar surface area (TPSA) is 25.8 Å². The van der Waals surface area contributed by atoms with Crippen molar-refractivity contribution in [3.63, 3.8) is 0 Å². The van der Waals surface area contributed by atoms with E-state index in [4.69, 9.17) is 9.97 Å². The fourth-order valence-electron chi connectivity index (χ4n) is 14.1. The summed E-state index contributed by atoms with van der Waals surface area (Å²) in [6, 6.07) is 42.8. The monoisotopic (exact) mass is 1180 g/mol. The molecule has 2 nitrogen and oxygen atoms in total. The Morgan fingerprint density at radius 3 is 0.966 bits per heavy atom. The Labute approximate surface area is 540 Å². The van der Waals surface area contributed by atoms with Crippen LogP contribution >= 0.6 is 0 Å². The Morgan fingerprint density at radius 1 is 0.250 bits per heavy atom. The zero-order valence-electron chi connectivity index (χ0n) is 57.4. The first-order valence-electron chi connectivity index (χ1n) is 37.6. The molecule has 88 heavy (non-hydrogen) atoms. The fraction of sp³-hybridized carbons (Fsp3) is 0.581. The summed E-state index contributed by atoms with van der Waals surface area (Å²) in [6.45, 7) is 13.8. The van der Waals surface area contributed by atoms with Gasteiger partial charge >= 0.3 is 0 Å². The molecule has 0 fully saturated rings. The van der Waals surface area contributed by atoms with Crippen LogP contribution < -0.4 is 0 Å². The number of fused-ring (bicyclic) bond motifs is 2. The second kappa shape index (κ2) is 42.1. The maximum absolute atomic E-state index is 5.65. The number of hydrogen-bond acceptors (Lipinski definition) is 2. The first-order valence-corrected chi connectivity index (χ1v) is 37.6. The highest BCUT2D eigenvalue weighted by molar-refractivity contribution is 6.01. The molecule has 0 bridgehead atoms. The van der Waals surface area contributed by atoms with E-state index in [1.165, 1.54) is 334 Å². The van der Waals surface area contributed by atoms with Gasteiger partial charge in [0, 0.05) is 21.9 Å². The van der Waals surface area contributed by atoms with E-state index in [9.17, 15) is 0 Å². The van der Waals surface area contributed by atoms with Gasteiger partial charge in [0.05, 0.1) is 22.4 Å². The third-order valence-electron chi connectivity index (χ3n) is 19.5. The van der Waals surface area contributed by atoms with Crippen molar-refractivity contribution in [2.75, 3.05) is 0 Å². The second-order valence-electron chi connectivity index (χ2n) is 27.5. The quantitative estimate of drug-likeness (QED) is 0.0355. The van der Waals surface area contributed by atoms with Gasteiger partial charge in [-0.15, -0.1) is 0 Å². The van der Waals surface area contributed by atoms with Crippen molar-refractivity contribution in [3.05, 3.63) is 143 Å². The van der Waals surface area contributed by atoms with E-state index in [1.807, 2.05) is 0 Å². The molecular formula is C86H124N2. The normalized spacial score (nSPS) is 11.7. The van der Waals surface area contributed by atoms with E-state index in [2.05, 4.69) is 151 Å². The number of pyridine rings is 2. The molecule has 7 aromatic rings. The summed E-state index contributed by atoms with van der Waals surface area (Å²) in [6.07, 6.45) is 59.5. The van der Waals surface area contributed by atoms with Crippen molar-refractivity contribution in [2.45, 2.75) is 324 Å². The highest BCUT2D eigenvalue weighted by Gasteiger charge is 2.17. The lowest BCUT2D eigenvalue weighted by atomic mass is 9.91. The number of hydrogen-bond donors (Lipinski definition) is 0. The van der Waals surface area contributed by atoms with Crippen molar-refractivity contribution in [3.8, 4) is 44.8 Å². The average molecular weight is 1190 g/mol. The van der Waals surface area contributed by atoms with Crippen LogP contribution in [0.25, 0.3) is 66.6 Å². The predicted molar refractivity (Wildman–Crippen MR) is 390 cm³/mol. The Balaban J connectivity index is 1.11. The summed E-state index contributed by atoms with van der Waals surface area (Å²) >= 11 is 0. The van der Waals surface area contributed by atoms with Gasteiger partial charge in [-0.3, -0.25) is 0 Å². The molecule has 0 saturated carbocycles. The van der Waals surface area contributed by atoms with Gasteiger partial charge in [-0.2, -0.15) is 0 Å². The second-order valence-corrected chi connectivity index (χ2v) is 27.5. The lowest BCUT2D eigenvalue weighted by Crippen LogP contribution is -1.97. The predicted octanol–water partition coefficient (Wildman–Crippen LogP) is 27.9. The van der Waals surface area contributed by atoms with Gasteiger partial charge in [0.1, 0.15) is 0 Å². The molecule has 5 aromatic carbocycles. The summed E-state index contributed by atoms with van der Waals surface area (Å²) in [5.41, 5.74) is 20.3. The number of benzene rings is 5. The van der Waals surface area contributed by atoms with E-state index in [-0.39, 0.29) is 0 Å². The van der Waals surface area contributed by atoms with Crippen molar-refractivity contribution < 1.29 is 0 Å². The van der Waals surface area contributed by atoms with Gasteiger partial charge < -0.3 is 0 Å². The van der Waals surface area contributed by atoms with Gasteiger partial charge in [0.15, 0.2) is 0 Å². The van der Waals surface area contributed by atoms with Crippen LogP contribution in [-0.2, 0) is 25.7 Å². The molecule has 0 atom stereocenters. The van der Waals surface area contributed by atoms with Crippen molar-refractivity contribution in [2.24, 2.45) is 0 Å². The lowest BCUT2D eigenvalue weighted by molar-refractivity contribution is 0.555. The van der Waals surface area contributed by atoms with Crippen molar-refractivity contribution >= 4 is 21.8 Å². The van der Waals surface area contributed by atoms with E-state index in [0.717, 1.165) is 48.1 Å². The highest BCUT2D eigenvalue weighted by atomic mass is 14.7. The van der Waals surface area contributed by atoms with Crippen LogP contribution in [0.4, 0.5) is 0 Å². The summed E-state index contributed by atoms with van der Waals surface area (Å²) < 4.78 is 0. The zero-order valence-corrected chi connectivity index (χ0v) is 57.4. The first kappa shape index (κ1) is 70.4. The molecule has 2 heteroatoms. The van der Waals surface area contributed by atoms with Crippen molar-refractivity contribution in [1.29, 1.82) is 0 Å². The van der Waals surface area contributed by atoms with Gasteiger partial charge in [0.2, 0.25) is 0 Å². The van der Waals surface area contributed by atoms with Crippen molar-refractivity contribution in [1.82, 2.24) is 9.97 Å². The molecule has 0 aliphatic rings. The third-order valence-corrected chi connectivity index (χ3v) is 19.5.